The lowest BCUT2D eigenvalue weighted by Gasteiger charge is -1.99. The van der Waals surface area contributed by atoms with Gasteiger partial charge in [0.15, 0.2) is 5.82 Å². The third-order valence-electron chi connectivity index (χ3n) is 1.99. The number of nitro benzene ring substituents is 1. The van der Waals surface area contributed by atoms with Crippen molar-refractivity contribution in [2.24, 2.45) is 0 Å². The number of benzene rings is 1. The smallest absolute Gasteiger partial charge is 0.270 e. The maximum absolute atomic E-state index is 10.6. The second-order valence-corrected chi connectivity index (χ2v) is 3.15. The molecule has 0 fully saturated rings. The quantitative estimate of drug-likeness (QED) is 0.608. The van der Waals surface area contributed by atoms with Gasteiger partial charge in [0.05, 0.1) is 23.0 Å². The van der Waals surface area contributed by atoms with Gasteiger partial charge in [-0.2, -0.15) is 0 Å². The maximum Gasteiger partial charge on any atom is 0.270 e. The Morgan fingerprint density at radius 3 is 2.56 bits per heavy atom. The zero-order valence-electron chi connectivity index (χ0n) is 8.20. The van der Waals surface area contributed by atoms with E-state index in [2.05, 4.69) is 9.97 Å². The van der Waals surface area contributed by atoms with Gasteiger partial charge in [0.1, 0.15) is 0 Å². The molecule has 0 unspecified atom stereocenters. The van der Waals surface area contributed by atoms with E-state index in [-0.39, 0.29) is 5.69 Å². The molecule has 2 N–H and O–H groups in total. The number of non-ortho nitro benzene ring substituents is 1. The SMILES string of the molecule is Nc1cnc(-c2cccc([N+](=O)[O-])c2)nc1. The number of nitrogens with zero attached hydrogens (tertiary/aromatic N) is 3. The Bertz CT molecular complexity index is 525. The normalized spacial score (nSPS) is 10.0. The Kier molecular flexibility index (Phi) is 2.47. The van der Waals surface area contributed by atoms with Crippen LogP contribution in [0.2, 0.25) is 0 Å². The van der Waals surface area contributed by atoms with E-state index in [4.69, 9.17) is 5.73 Å². The number of hydrogen-bond acceptors (Lipinski definition) is 5. The number of nitro groups is 1. The molecule has 2 aromatic rings. The number of hydrogen-bond donors (Lipinski definition) is 1. The lowest BCUT2D eigenvalue weighted by Crippen LogP contribution is -1.93. The zero-order chi connectivity index (χ0) is 11.5. The predicted octanol–water partition coefficient (Wildman–Crippen LogP) is 1.63. The summed E-state index contributed by atoms with van der Waals surface area (Å²) in [4.78, 5) is 18.1. The molecule has 0 saturated heterocycles. The number of nitrogen functional groups attached to an aromatic ring is 1. The summed E-state index contributed by atoms with van der Waals surface area (Å²) >= 11 is 0. The molecule has 2 rings (SSSR count). The summed E-state index contributed by atoms with van der Waals surface area (Å²) in [5.74, 6) is 0.415. The Morgan fingerprint density at radius 2 is 1.94 bits per heavy atom. The van der Waals surface area contributed by atoms with Crippen LogP contribution in [0.4, 0.5) is 11.4 Å². The number of anilines is 1. The van der Waals surface area contributed by atoms with Gasteiger partial charge >= 0.3 is 0 Å². The predicted molar refractivity (Wildman–Crippen MR) is 58.5 cm³/mol. The molecule has 0 spiro atoms. The highest BCUT2D eigenvalue weighted by atomic mass is 16.6. The molecular formula is C10H8N4O2. The molecule has 6 heteroatoms. The van der Waals surface area contributed by atoms with Crippen molar-refractivity contribution < 1.29 is 4.92 Å². The van der Waals surface area contributed by atoms with E-state index in [0.717, 1.165) is 0 Å². The zero-order valence-corrected chi connectivity index (χ0v) is 8.20. The second kappa shape index (κ2) is 3.93. The van der Waals surface area contributed by atoms with Crippen LogP contribution in [0.3, 0.4) is 0 Å². The van der Waals surface area contributed by atoms with Crippen LogP contribution in [-0.4, -0.2) is 14.9 Å². The molecule has 1 aromatic carbocycles. The minimum Gasteiger partial charge on any atom is -0.396 e. The number of nitrogens with two attached hydrogens (primary N) is 1. The summed E-state index contributed by atoms with van der Waals surface area (Å²) in [5.41, 5.74) is 6.51. The van der Waals surface area contributed by atoms with Gasteiger partial charge in [0.25, 0.3) is 5.69 Å². The van der Waals surface area contributed by atoms with Gasteiger partial charge in [-0.05, 0) is 0 Å². The average molecular weight is 216 g/mol. The first-order chi connectivity index (χ1) is 7.66. The van der Waals surface area contributed by atoms with Crippen molar-refractivity contribution in [2.75, 3.05) is 5.73 Å². The molecule has 0 aliphatic carbocycles. The fraction of sp³-hybridized carbons (Fsp3) is 0. The summed E-state index contributed by atoms with van der Waals surface area (Å²) in [5, 5.41) is 10.6. The second-order valence-electron chi connectivity index (χ2n) is 3.15. The highest BCUT2D eigenvalue weighted by Crippen LogP contribution is 2.20. The molecule has 0 bridgehead atoms. The molecule has 0 atom stereocenters. The van der Waals surface area contributed by atoms with E-state index in [1.165, 1.54) is 24.5 Å². The van der Waals surface area contributed by atoms with Crippen molar-refractivity contribution in [1.82, 2.24) is 9.97 Å². The number of rotatable bonds is 2. The van der Waals surface area contributed by atoms with E-state index >= 15 is 0 Å². The first kappa shape index (κ1) is 10.0. The van der Waals surface area contributed by atoms with Crippen molar-refractivity contribution in [3.05, 3.63) is 46.8 Å². The summed E-state index contributed by atoms with van der Waals surface area (Å²) in [6.07, 6.45) is 2.92. The highest BCUT2D eigenvalue weighted by Gasteiger charge is 2.08. The molecule has 80 valence electrons. The van der Waals surface area contributed by atoms with Crippen molar-refractivity contribution >= 4 is 11.4 Å². The standard InChI is InChI=1S/C10H8N4O2/c11-8-5-12-10(13-6-8)7-2-1-3-9(4-7)14(15)16/h1-6H,11H2. The third kappa shape index (κ3) is 1.95. The lowest BCUT2D eigenvalue weighted by atomic mass is 10.2. The van der Waals surface area contributed by atoms with Gasteiger partial charge in [-0.25, -0.2) is 9.97 Å². The van der Waals surface area contributed by atoms with Crippen molar-refractivity contribution in [3.8, 4) is 11.4 Å². The van der Waals surface area contributed by atoms with Gasteiger partial charge < -0.3 is 5.73 Å². The summed E-state index contributed by atoms with van der Waals surface area (Å²) in [6, 6.07) is 6.14. The van der Waals surface area contributed by atoms with Crippen LogP contribution in [0, 0.1) is 10.1 Å². The molecule has 0 radical (unpaired) electrons. The van der Waals surface area contributed by atoms with Crippen molar-refractivity contribution in [1.29, 1.82) is 0 Å². The first-order valence-electron chi connectivity index (χ1n) is 4.49. The Balaban J connectivity index is 2.44. The highest BCUT2D eigenvalue weighted by molar-refractivity contribution is 5.59. The Hall–Kier alpha value is -2.50. The monoisotopic (exact) mass is 216 g/mol. The molecule has 0 aliphatic heterocycles. The van der Waals surface area contributed by atoms with Gasteiger partial charge in [0.2, 0.25) is 0 Å². The largest absolute Gasteiger partial charge is 0.396 e. The molecular weight excluding hydrogens is 208 g/mol. The molecule has 0 amide bonds. The van der Waals surface area contributed by atoms with E-state index < -0.39 is 4.92 Å². The maximum atomic E-state index is 10.6. The van der Waals surface area contributed by atoms with E-state index in [1.54, 1.807) is 12.1 Å². The fourth-order valence-corrected chi connectivity index (χ4v) is 1.25. The van der Waals surface area contributed by atoms with Crippen molar-refractivity contribution in [2.45, 2.75) is 0 Å². The van der Waals surface area contributed by atoms with Gasteiger partial charge in [-0.1, -0.05) is 12.1 Å². The topological polar surface area (TPSA) is 94.9 Å². The molecule has 1 heterocycles. The van der Waals surface area contributed by atoms with Crippen LogP contribution in [-0.2, 0) is 0 Å². The molecule has 16 heavy (non-hydrogen) atoms. The van der Waals surface area contributed by atoms with Crippen LogP contribution < -0.4 is 5.73 Å². The van der Waals surface area contributed by atoms with Crippen LogP contribution >= 0.6 is 0 Å². The minimum absolute atomic E-state index is 0.0120. The van der Waals surface area contributed by atoms with Crippen LogP contribution in [0.5, 0.6) is 0 Å². The van der Waals surface area contributed by atoms with Gasteiger partial charge in [0, 0.05) is 17.7 Å². The third-order valence-corrected chi connectivity index (χ3v) is 1.99. The number of aromatic nitrogens is 2. The van der Waals surface area contributed by atoms with Crippen LogP contribution in [0.1, 0.15) is 0 Å². The summed E-state index contributed by atoms with van der Waals surface area (Å²) in [7, 11) is 0. The fourth-order valence-electron chi connectivity index (χ4n) is 1.25. The molecule has 1 aromatic heterocycles. The summed E-state index contributed by atoms with van der Waals surface area (Å²) in [6.45, 7) is 0. The van der Waals surface area contributed by atoms with Crippen LogP contribution in [0.25, 0.3) is 11.4 Å². The summed E-state index contributed by atoms with van der Waals surface area (Å²) < 4.78 is 0. The van der Waals surface area contributed by atoms with E-state index in [9.17, 15) is 10.1 Å². The van der Waals surface area contributed by atoms with E-state index in [1.807, 2.05) is 0 Å². The molecule has 0 aliphatic rings. The Labute approximate surface area is 90.9 Å². The van der Waals surface area contributed by atoms with Crippen molar-refractivity contribution in [3.63, 3.8) is 0 Å². The molecule has 0 saturated carbocycles. The van der Waals surface area contributed by atoms with Gasteiger partial charge in [-0.3, -0.25) is 10.1 Å². The first-order valence-corrected chi connectivity index (χ1v) is 4.49. The van der Waals surface area contributed by atoms with Crippen LogP contribution in [0.15, 0.2) is 36.7 Å². The Morgan fingerprint density at radius 1 is 1.25 bits per heavy atom. The molecule has 6 nitrogen and oxygen atoms in total. The minimum atomic E-state index is -0.458. The van der Waals surface area contributed by atoms with Gasteiger partial charge in [-0.15, -0.1) is 0 Å². The van der Waals surface area contributed by atoms with E-state index in [0.29, 0.717) is 17.1 Å². The lowest BCUT2D eigenvalue weighted by molar-refractivity contribution is -0.384. The average Bonchev–Trinajstić information content (AvgIpc) is 2.30.